The summed E-state index contributed by atoms with van der Waals surface area (Å²) in [5.74, 6) is 0. The van der Waals surface area contributed by atoms with Crippen LogP contribution in [-0.4, -0.2) is 0 Å². The van der Waals surface area contributed by atoms with Crippen molar-refractivity contribution in [3.8, 4) is 0 Å². The van der Waals surface area contributed by atoms with Crippen LogP contribution < -0.4 is 5.72 Å². The van der Waals surface area contributed by atoms with Crippen molar-refractivity contribution in [1.29, 1.82) is 0 Å². The van der Waals surface area contributed by atoms with E-state index < -0.39 is 0 Å². The molecule has 0 aromatic heterocycles. The molecule has 2 N–H and O–H groups in total. The van der Waals surface area contributed by atoms with E-state index in [1.807, 2.05) is 0 Å². The minimum Gasteiger partial charge on any atom is -0.399 e. The molecule has 1 rings (SSSR count). The van der Waals surface area contributed by atoms with Crippen LogP contribution in [0.15, 0.2) is 24.2 Å². The Kier molecular flexibility index (Phi) is 0.488. The minimum absolute atomic E-state index is 0.0463. The molecule has 0 aliphatic heterocycles. The maximum absolute atomic E-state index is 7.38. The zero-order chi connectivity index (χ0) is 9.30. The van der Waals surface area contributed by atoms with E-state index in [1.54, 1.807) is 6.92 Å². The molecule has 0 unspecified atom stereocenters. The van der Waals surface area contributed by atoms with Crippen molar-refractivity contribution in [3.63, 3.8) is 0 Å². The van der Waals surface area contributed by atoms with Crippen LogP contribution >= 0.6 is 0 Å². The van der Waals surface area contributed by atoms with Gasteiger partial charge in [0.2, 0.25) is 0 Å². The number of nitrogen functional groups attached to an aromatic ring is 1. The van der Waals surface area contributed by atoms with E-state index in [2.05, 4.69) is 0 Å². The molecule has 0 amide bonds. The first-order valence-electron chi connectivity index (χ1n) is 4.27. The highest BCUT2D eigenvalue weighted by Crippen LogP contribution is 2.06. The summed E-state index contributed by atoms with van der Waals surface area (Å²) in [6, 6.07) is 3.13. The maximum atomic E-state index is 7.38. The van der Waals surface area contributed by atoms with Gasteiger partial charge < -0.3 is 5.72 Å². The Morgan fingerprint density at radius 2 is 2.75 bits per heavy atom. The summed E-state index contributed by atoms with van der Waals surface area (Å²) >= 11 is 0. The van der Waals surface area contributed by atoms with Gasteiger partial charge >= 0.3 is 0 Å². The van der Waals surface area contributed by atoms with Crippen LogP contribution in [0.4, 0.5) is 5.69 Å². The number of benzene rings is 1. The van der Waals surface area contributed by atoms with Gasteiger partial charge in [0, 0.05) is 5.69 Å². The number of anilines is 1. The average molecular weight is 111 g/mol. The lowest BCUT2D eigenvalue weighted by Crippen LogP contribution is -1.85. The third-order valence-electron chi connectivity index (χ3n) is 0.966. The molecule has 0 atom stereocenters. The second-order valence-electron chi connectivity index (χ2n) is 1.63. The fourth-order valence-electron chi connectivity index (χ4n) is 0.459. The largest absolute Gasteiger partial charge is 0.399 e. The molecule has 1 aromatic rings. The predicted octanol–water partition coefficient (Wildman–Crippen LogP) is 1.58. The Hall–Kier alpha value is -0.980. The van der Waals surface area contributed by atoms with Crippen molar-refractivity contribution in [2.24, 2.45) is 0 Å². The maximum Gasteiger partial charge on any atom is 0.156 e. The number of rotatable bonds is 1. The molecule has 0 saturated heterocycles. The fraction of sp³-hybridized carbons (Fsp3) is 0.143. The van der Waals surface area contributed by atoms with Gasteiger partial charge in [0.25, 0.3) is 0 Å². The molecular weight excluding hydrogens is 98.1 g/mol. The average Bonchev–Trinajstić information content (AvgIpc) is 1.82. The van der Waals surface area contributed by atoms with Gasteiger partial charge in [0.1, 0.15) is 0 Å². The monoisotopic (exact) mass is 111 g/mol. The topological polar surface area (TPSA) is 26.0 Å². The lowest BCUT2D eigenvalue weighted by Gasteiger charge is -1.93. The molecule has 1 heteroatoms. The smallest absolute Gasteiger partial charge is 0.156 e. The minimum atomic E-state index is 0.0463. The van der Waals surface area contributed by atoms with Crippen molar-refractivity contribution >= 4 is 5.69 Å². The third kappa shape index (κ3) is 0.808. The molecule has 0 fully saturated rings. The number of hydrogen-bond acceptors (Lipinski definition) is 1. The van der Waals surface area contributed by atoms with Crippen LogP contribution in [0.2, 0.25) is 2.82 Å². The number of para-hydroxylation sites is 1. The number of hydrogen-bond donors (Lipinski definition) is 1. The van der Waals surface area contributed by atoms with Gasteiger partial charge in [-0.05, 0) is 18.5 Å². The van der Waals surface area contributed by atoms with Gasteiger partial charge in [-0.15, -0.1) is 0 Å². The molecule has 0 aliphatic carbocycles. The van der Waals surface area contributed by atoms with E-state index in [0.717, 1.165) is 0 Å². The fourth-order valence-corrected chi connectivity index (χ4v) is 0.459. The van der Waals surface area contributed by atoms with Crippen molar-refractivity contribution in [2.45, 2.75) is 6.92 Å². The first-order chi connectivity index (χ1) is 5.52. The van der Waals surface area contributed by atoms with Crippen LogP contribution in [0.3, 0.4) is 0 Å². The van der Waals surface area contributed by atoms with E-state index >= 15 is 0 Å². The Morgan fingerprint density at radius 3 is 3.38 bits per heavy atom. The summed E-state index contributed by atoms with van der Waals surface area (Å²) in [6.45, 7) is 1.68. The third-order valence-corrected chi connectivity index (χ3v) is 0.966. The molecule has 42 valence electrons. The summed E-state index contributed by atoms with van der Waals surface area (Å²) < 4.78 is 28.6. The van der Waals surface area contributed by atoms with E-state index in [1.165, 1.54) is 12.1 Å². The molecule has 0 saturated carbocycles. The van der Waals surface area contributed by atoms with Gasteiger partial charge in [-0.3, -0.25) is 0 Å². The van der Waals surface area contributed by atoms with Gasteiger partial charge in [0.05, 0.1) is 2.74 Å². The Balaban J connectivity index is 3.28. The standard InChI is InChI=1S/C7H9N/c1-6-4-2-3-5-7(6)8/h2-5H,8H2,1H3/i2D,5D/hD2. The molecule has 0 heterocycles. The first-order valence-corrected chi connectivity index (χ1v) is 2.38. The van der Waals surface area contributed by atoms with Crippen LogP contribution in [-0.2, 0) is 0 Å². The van der Waals surface area contributed by atoms with E-state index in [9.17, 15) is 0 Å². The summed E-state index contributed by atoms with van der Waals surface area (Å²) in [5, 5.41) is 0. The zero-order valence-electron chi connectivity index (χ0n) is 8.60. The van der Waals surface area contributed by atoms with Crippen LogP contribution in [0, 0.1) is 6.92 Å². The molecule has 1 aromatic carbocycles. The Bertz CT molecular complexity index is 274. The van der Waals surface area contributed by atoms with Crippen molar-refractivity contribution in [2.75, 3.05) is 5.72 Å². The Morgan fingerprint density at radius 1 is 1.88 bits per heavy atom. The normalized spacial score (nSPS) is 15.6. The summed E-state index contributed by atoms with van der Waals surface area (Å²) in [7, 11) is 0. The van der Waals surface area contributed by atoms with Gasteiger partial charge in [-0.1, -0.05) is 18.2 Å². The van der Waals surface area contributed by atoms with Gasteiger partial charge in [-0.2, -0.15) is 0 Å². The second kappa shape index (κ2) is 1.86. The van der Waals surface area contributed by atoms with E-state index in [4.69, 9.17) is 5.57 Å². The lowest BCUT2D eigenvalue weighted by atomic mass is 10.2. The quantitative estimate of drug-likeness (QED) is 0.547. The molecular formula is C7H9N. The van der Waals surface area contributed by atoms with Crippen LogP contribution in [0.1, 0.15) is 8.30 Å². The molecule has 0 aliphatic rings. The van der Waals surface area contributed by atoms with E-state index in [0.29, 0.717) is 11.3 Å². The van der Waals surface area contributed by atoms with E-state index in [-0.39, 0.29) is 17.8 Å². The highest BCUT2D eigenvalue weighted by molar-refractivity contribution is 5.44. The molecule has 0 radical (unpaired) electrons. The molecule has 0 bridgehead atoms. The van der Waals surface area contributed by atoms with Crippen LogP contribution in [0.25, 0.3) is 0 Å². The second-order valence-corrected chi connectivity index (χ2v) is 1.63. The summed E-state index contributed by atoms with van der Waals surface area (Å²) in [5.41, 5.74) is 1.24. The van der Waals surface area contributed by atoms with Crippen molar-refractivity contribution < 1.29 is 5.57 Å². The predicted molar refractivity (Wildman–Crippen MR) is 35.6 cm³/mol. The Labute approximate surface area is 54.9 Å². The molecule has 0 spiro atoms. The van der Waals surface area contributed by atoms with Gasteiger partial charge in [0.15, 0.2) is 2.82 Å². The van der Waals surface area contributed by atoms with Gasteiger partial charge in [-0.25, -0.2) is 0 Å². The molecule has 1 nitrogen and oxygen atoms in total. The SMILES string of the molecule is [2H]c1cc([2H])c(N([2H])[2H])c(C)c1. The summed E-state index contributed by atoms with van der Waals surface area (Å²) in [4.78, 5) is 0. The number of nitrogens with two attached hydrogens (primary N) is 1. The number of aryl methyl sites for hydroxylation is 1. The first kappa shape index (κ1) is 2.09. The zero-order valence-corrected chi connectivity index (χ0v) is 4.60. The highest BCUT2D eigenvalue weighted by atomic mass is 14.5. The molecule has 8 heavy (non-hydrogen) atoms. The summed E-state index contributed by atoms with van der Waals surface area (Å²) in [6.07, 6.45) is 0. The van der Waals surface area contributed by atoms with Crippen molar-refractivity contribution in [3.05, 3.63) is 29.8 Å². The van der Waals surface area contributed by atoms with Crippen LogP contribution in [0.5, 0.6) is 0 Å². The highest BCUT2D eigenvalue weighted by Gasteiger charge is 1.84. The van der Waals surface area contributed by atoms with Crippen molar-refractivity contribution in [1.82, 2.24) is 0 Å². The lowest BCUT2D eigenvalue weighted by molar-refractivity contribution is 1.47.